The number of esters is 1. The van der Waals surface area contributed by atoms with Gasteiger partial charge in [-0.1, -0.05) is 65.0 Å². The van der Waals surface area contributed by atoms with Crippen molar-refractivity contribution in [1.29, 1.82) is 0 Å². The van der Waals surface area contributed by atoms with E-state index in [0.717, 1.165) is 18.3 Å². The zero-order chi connectivity index (χ0) is 17.7. The Balaban J connectivity index is 3.72. The standard InChI is InChI=1S/C20H38O3/c1-6-19(21)23-20(22)15-9-14-18(5)13-8-12-17(4)11-7-10-16(2)3/h14,16-17,19,21H,6-13,15H2,1-5H3. The van der Waals surface area contributed by atoms with Crippen molar-refractivity contribution in [1.82, 2.24) is 0 Å². The molecule has 0 saturated heterocycles. The molecule has 3 heteroatoms. The summed E-state index contributed by atoms with van der Waals surface area (Å²) in [4.78, 5) is 11.4. The lowest BCUT2D eigenvalue weighted by molar-refractivity contribution is -0.167. The second kappa shape index (κ2) is 13.6. The molecule has 0 rings (SSSR count). The van der Waals surface area contributed by atoms with E-state index >= 15 is 0 Å². The molecule has 0 aliphatic carbocycles. The zero-order valence-electron chi connectivity index (χ0n) is 15.9. The molecule has 0 aromatic rings. The first-order valence-electron chi connectivity index (χ1n) is 9.38. The predicted molar refractivity (Wildman–Crippen MR) is 97.1 cm³/mol. The van der Waals surface area contributed by atoms with E-state index in [-0.39, 0.29) is 5.97 Å². The largest absolute Gasteiger partial charge is 0.436 e. The first-order chi connectivity index (χ1) is 10.8. The summed E-state index contributed by atoms with van der Waals surface area (Å²) in [5.74, 6) is 1.31. The van der Waals surface area contributed by atoms with Crippen LogP contribution in [-0.4, -0.2) is 17.4 Å². The van der Waals surface area contributed by atoms with E-state index in [1.165, 1.54) is 37.7 Å². The topological polar surface area (TPSA) is 46.5 Å². The molecule has 0 fully saturated rings. The van der Waals surface area contributed by atoms with Crippen LogP contribution in [0.1, 0.15) is 92.4 Å². The Hall–Kier alpha value is -0.830. The molecule has 136 valence electrons. The first-order valence-corrected chi connectivity index (χ1v) is 9.38. The number of ether oxygens (including phenoxy) is 1. The highest BCUT2D eigenvalue weighted by Crippen LogP contribution is 2.19. The summed E-state index contributed by atoms with van der Waals surface area (Å²) in [6.45, 7) is 10.9. The van der Waals surface area contributed by atoms with Gasteiger partial charge in [0.15, 0.2) is 6.29 Å². The molecule has 0 bridgehead atoms. The van der Waals surface area contributed by atoms with Crippen molar-refractivity contribution in [3.05, 3.63) is 11.6 Å². The number of carbonyl (C=O) groups excluding carboxylic acids is 1. The molecule has 3 nitrogen and oxygen atoms in total. The molecular weight excluding hydrogens is 288 g/mol. The summed E-state index contributed by atoms with van der Waals surface area (Å²) in [7, 11) is 0. The lowest BCUT2D eigenvalue weighted by Crippen LogP contribution is -2.15. The molecule has 0 heterocycles. The Morgan fingerprint density at radius 2 is 1.74 bits per heavy atom. The molecule has 23 heavy (non-hydrogen) atoms. The maximum absolute atomic E-state index is 11.4. The minimum atomic E-state index is -0.954. The number of hydrogen-bond acceptors (Lipinski definition) is 3. The Labute approximate surface area is 143 Å². The van der Waals surface area contributed by atoms with Crippen LogP contribution in [0.4, 0.5) is 0 Å². The van der Waals surface area contributed by atoms with E-state index in [1.54, 1.807) is 6.92 Å². The Kier molecular flexibility index (Phi) is 13.1. The van der Waals surface area contributed by atoms with Gasteiger partial charge in [0, 0.05) is 12.8 Å². The Morgan fingerprint density at radius 3 is 2.35 bits per heavy atom. The van der Waals surface area contributed by atoms with E-state index in [4.69, 9.17) is 4.74 Å². The number of aliphatic hydroxyl groups excluding tert-OH is 1. The number of hydrogen-bond donors (Lipinski definition) is 1. The van der Waals surface area contributed by atoms with Crippen LogP contribution in [0.3, 0.4) is 0 Å². The highest BCUT2D eigenvalue weighted by atomic mass is 16.6. The molecule has 0 saturated carbocycles. The van der Waals surface area contributed by atoms with Crippen LogP contribution in [0.15, 0.2) is 11.6 Å². The number of allylic oxidation sites excluding steroid dienone is 2. The fraction of sp³-hybridized carbons (Fsp3) is 0.850. The molecule has 0 aromatic heterocycles. The molecule has 1 N–H and O–H groups in total. The van der Waals surface area contributed by atoms with Crippen LogP contribution in [0, 0.1) is 11.8 Å². The molecule has 0 aromatic carbocycles. The molecular formula is C20H38O3. The molecule has 0 spiro atoms. The van der Waals surface area contributed by atoms with Crippen molar-refractivity contribution in [3.63, 3.8) is 0 Å². The third-order valence-electron chi connectivity index (χ3n) is 4.20. The highest BCUT2D eigenvalue weighted by molar-refractivity contribution is 5.69. The van der Waals surface area contributed by atoms with Gasteiger partial charge in [0.05, 0.1) is 0 Å². The second-order valence-electron chi connectivity index (χ2n) is 7.26. The number of rotatable bonds is 13. The van der Waals surface area contributed by atoms with Crippen LogP contribution in [0.5, 0.6) is 0 Å². The monoisotopic (exact) mass is 326 g/mol. The predicted octanol–water partition coefficient (Wildman–Crippen LogP) is 5.62. The maximum atomic E-state index is 11.4. The lowest BCUT2D eigenvalue weighted by atomic mass is 9.94. The first kappa shape index (κ1) is 22.2. The normalized spacial score (nSPS) is 14.8. The van der Waals surface area contributed by atoms with Gasteiger partial charge >= 0.3 is 5.97 Å². The SMILES string of the molecule is CCC(O)OC(=O)CCC=C(C)CCCC(C)CCCC(C)C. The summed E-state index contributed by atoms with van der Waals surface area (Å²) in [6.07, 6.45) is 10.3. The van der Waals surface area contributed by atoms with E-state index in [2.05, 4.69) is 33.8 Å². The summed E-state index contributed by atoms with van der Waals surface area (Å²) >= 11 is 0. The van der Waals surface area contributed by atoms with Crippen molar-refractivity contribution >= 4 is 5.97 Å². The summed E-state index contributed by atoms with van der Waals surface area (Å²) < 4.78 is 4.84. The summed E-state index contributed by atoms with van der Waals surface area (Å²) in [5, 5.41) is 9.24. The zero-order valence-corrected chi connectivity index (χ0v) is 15.9. The van der Waals surface area contributed by atoms with Crippen LogP contribution in [-0.2, 0) is 9.53 Å². The quantitative estimate of drug-likeness (QED) is 0.271. The van der Waals surface area contributed by atoms with Gasteiger partial charge in [-0.3, -0.25) is 4.79 Å². The molecule has 0 radical (unpaired) electrons. The van der Waals surface area contributed by atoms with Gasteiger partial charge in [0.25, 0.3) is 0 Å². The van der Waals surface area contributed by atoms with Crippen molar-refractivity contribution in [2.24, 2.45) is 11.8 Å². The maximum Gasteiger partial charge on any atom is 0.308 e. The van der Waals surface area contributed by atoms with Gasteiger partial charge in [0.2, 0.25) is 0 Å². The van der Waals surface area contributed by atoms with E-state index in [0.29, 0.717) is 19.3 Å². The molecule has 0 aliphatic heterocycles. The molecule has 2 unspecified atom stereocenters. The van der Waals surface area contributed by atoms with Crippen LogP contribution < -0.4 is 0 Å². The van der Waals surface area contributed by atoms with Crippen LogP contribution >= 0.6 is 0 Å². The van der Waals surface area contributed by atoms with Crippen molar-refractivity contribution in [2.45, 2.75) is 98.7 Å². The molecule has 0 amide bonds. The molecule has 2 atom stereocenters. The van der Waals surface area contributed by atoms with Crippen molar-refractivity contribution in [3.8, 4) is 0 Å². The van der Waals surface area contributed by atoms with Gasteiger partial charge in [-0.2, -0.15) is 0 Å². The number of carbonyl (C=O) groups is 1. The fourth-order valence-electron chi connectivity index (χ4n) is 2.58. The Morgan fingerprint density at radius 1 is 1.09 bits per heavy atom. The van der Waals surface area contributed by atoms with Crippen molar-refractivity contribution in [2.75, 3.05) is 0 Å². The smallest absolute Gasteiger partial charge is 0.308 e. The van der Waals surface area contributed by atoms with E-state index in [9.17, 15) is 9.90 Å². The van der Waals surface area contributed by atoms with Gasteiger partial charge < -0.3 is 9.84 Å². The van der Waals surface area contributed by atoms with Gasteiger partial charge in [0.1, 0.15) is 0 Å². The molecule has 0 aliphatic rings. The average molecular weight is 327 g/mol. The van der Waals surface area contributed by atoms with E-state index < -0.39 is 6.29 Å². The van der Waals surface area contributed by atoms with E-state index in [1.807, 2.05) is 0 Å². The fourth-order valence-corrected chi connectivity index (χ4v) is 2.58. The third kappa shape index (κ3) is 14.5. The summed E-state index contributed by atoms with van der Waals surface area (Å²) in [6, 6.07) is 0. The minimum absolute atomic E-state index is 0.317. The van der Waals surface area contributed by atoms with Crippen LogP contribution in [0.2, 0.25) is 0 Å². The Bertz CT molecular complexity index is 334. The van der Waals surface area contributed by atoms with Gasteiger partial charge in [-0.05, 0) is 38.0 Å². The second-order valence-corrected chi connectivity index (χ2v) is 7.26. The van der Waals surface area contributed by atoms with Crippen LogP contribution in [0.25, 0.3) is 0 Å². The van der Waals surface area contributed by atoms with Gasteiger partial charge in [-0.15, -0.1) is 0 Å². The van der Waals surface area contributed by atoms with Gasteiger partial charge in [-0.25, -0.2) is 0 Å². The minimum Gasteiger partial charge on any atom is -0.436 e. The lowest BCUT2D eigenvalue weighted by Gasteiger charge is -2.12. The number of aliphatic hydroxyl groups is 1. The highest BCUT2D eigenvalue weighted by Gasteiger charge is 2.08. The van der Waals surface area contributed by atoms with Crippen molar-refractivity contribution < 1.29 is 14.6 Å². The average Bonchev–Trinajstić information content (AvgIpc) is 2.46. The summed E-state index contributed by atoms with van der Waals surface area (Å²) in [5.41, 5.74) is 1.35. The third-order valence-corrected chi connectivity index (χ3v) is 4.20.